The molecule has 74 valence electrons. The summed E-state index contributed by atoms with van der Waals surface area (Å²) in [4.78, 5) is 0. The van der Waals surface area contributed by atoms with Gasteiger partial charge < -0.3 is 0 Å². The molecule has 0 amide bonds. The van der Waals surface area contributed by atoms with Gasteiger partial charge in [-0.1, -0.05) is 58.2 Å². The molecule has 0 aliphatic heterocycles. The van der Waals surface area contributed by atoms with Gasteiger partial charge in [0.05, 0.1) is 0 Å². The van der Waals surface area contributed by atoms with E-state index in [4.69, 9.17) is 0 Å². The van der Waals surface area contributed by atoms with E-state index in [1.807, 2.05) is 39.0 Å². The molecule has 0 bridgehead atoms. The maximum atomic E-state index is 3.74. The maximum Gasteiger partial charge on any atom is -0.0234 e. The van der Waals surface area contributed by atoms with Crippen molar-refractivity contribution in [3.05, 3.63) is 48.6 Å². The van der Waals surface area contributed by atoms with Gasteiger partial charge in [-0.15, -0.1) is 0 Å². The van der Waals surface area contributed by atoms with Gasteiger partial charge in [-0.2, -0.15) is 0 Å². The summed E-state index contributed by atoms with van der Waals surface area (Å²) in [5, 5.41) is 0. The molecule has 13 heavy (non-hydrogen) atoms. The Bertz CT molecular complexity index is 192. The summed E-state index contributed by atoms with van der Waals surface area (Å²) in [6.45, 7) is 15.6. The Kier molecular flexibility index (Phi) is 12.2. The SMILES string of the molecule is C=CC(=C/C)/C(C=C)=C\CC.CC. The first-order valence-electron chi connectivity index (χ1n) is 4.91. The topological polar surface area (TPSA) is 0 Å². The second kappa shape index (κ2) is 11.0. The molecule has 0 radical (unpaired) electrons. The van der Waals surface area contributed by atoms with E-state index in [1.165, 1.54) is 5.57 Å². The minimum atomic E-state index is 1.03. The van der Waals surface area contributed by atoms with Crippen LogP contribution < -0.4 is 0 Å². The zero-order valence-corrected chi connectivity index (χ0v) is 9.43. The first-order chi connectivity index (χ1) is 6.29. The number of allylic oxidation sites excluding steroid dienone is 6. The molecule has 0 saturated heterocycles. The Balaban J connectivity index is 0. The standard InChI is InChI=1S/C11H16.C2H6/c1-5-9-11(8-4)10(6-2)7-3;1-2/h6-9H,2,4-5H2,1,3H3;1-2H3/b10-7-,11-9-;. The van der Waals surface area contributed by atoms with Crippen LogP contribution >= 0.6 is 0 Å². The molecule has 0 atom stereocenters. The van der Waals surface area contributed by atoms with Gasteiger partial charge in [-0.25, -0.2) is 0 Å². The van der Waals surface area contributed by atoms with E-state index >= 15 is 0 Å². The van der Waals surface area contributed by atoms with Gasteiger partial charge >= 0.3 is 0 Å². The van der Waals surface area contributed by atoms with Crippen molar-refractivity contribution in [2.45, 2.75) is 34.1 Å². The number of hydrogen-bond acceptors (Lipinski definition) is 0. The summed E-state index contributed by atoms with van der Waals surface area (Å²) >= 11 is 0. The molecule has 0 aliphatic carbocycles. The molecule has 0 rings (SSSR count). The summed E-state index contributed by atoms with van der Waals surface area (Å²) in [6.07, 6.45) is 8.93. The highest BCUT2D eigenvalue weighted by atomic mass is 14.0. The van der Waals surface area contributed by atoms with Gasteiger partial charge in [-0.05, 0) is 24.5 Å². The van der Waals surface area contributed by atoms with Crippen molar-refractivity contribution in [2.75, 3.05) is 0 Å². The molecular weight excluding hydrogens is 156 g/mol. The van der Waals surface area contributed by atoms with Crippen LogP contribution in [0.2, 0.25) is 0 Å². The Morgan fingerprint density at radius 3 is 1.77 bits per heavy atom. The molecule has 0 aromatic carbocycles. The quantitative estimate of drug-likeness (QED) is 0.549. The van der Waals surface area contributed by atoms with Crippen molar-refractivity contribution >= 4 is 0 Å². The molecular formula is C13H22. The maximum absolute atomic E-state index is 3.74. The molecule has 0 heterocycles. The highest BCUT2D eigenvalue weighted by molar-refractivity contribution is 5.44. The van der Waals surface area contributed by atoms with Gasteiger partial charge in [0.1, 0.15) is 0 Å². The summed E-state index contributed by atoms with van der Waals surface area (Å²) < 4.78 is 0. The van der Waals surface area contributed by atoms with E-state index in [0.29, 0.717) is 0 Å². The van der Waals surface area contributed by atoms with Crippen molar-refractivity contribution in [3.8, 4) is 0 Å². The highest BCUT2D eigenvalue weighted by Crippen LogP contribution is 2.12. The van der Waals surface area contributed by atoms with Crippen molar-refractivity contribution in [1.82, 2.24) is 0 Å². The van der Waals surface area contributed by atoms with E-state index in [-0.39, 0.29) is 0 Å². The largest absolute Gasteiger partial charge is 0.0985 e. The van der Waals surface area contributed by atoms with Crippen LogP contribution in [0.1, 0.15) is 34.1 Å². The number of rotatable bonds is 4. The normalized spacial score (nSPS) is 11.4. The Morgan fingerprint density at radius 1 is 1.08 bits per heavy atom. The van der Waals surface area contributed by atoms with Crippen LogP contribution in [0.15, 0.2) is 48.6 Å². The first-order valence-corrected chi connectivity index (χ1v) is 4.91. The third-order valence-corrected chi connectivity index (χ3v) is 1.51. The Labute approximate surface area is 83.4 Å². The Hall–Kier alpha value is -1.04. The zero-order valence-electron chi connectivity index (χ0n) is 9.43. The average molecular weight is 178 g/mol. The third-order valence-electron chi connectivity index (χ3n) is 1.51. The fraction of sp³-hybridized carbons (Fsp3) is 0.385. The predicted octanol–water partition coefficient (Wildman–Crippen LogP) is 4.67. The second-order valence-corrected chi connectivity index (χ2v) is 2.22. The molecule has 0 fully saturated rings. The number of hydrogen-bond donors (Lipinski definition) is 0. The van der Waals surface area contributed by atoms with Gasteiger partial charge in [0.2, 0.25) is 0 Å². The van der Waals surface area contributed by atoms with E-state index in [9.17, 15) is 0 Å². The Morgan fingerprint density at radius 2 is 1.54 bits per heavy atom. The lowest BCUT2D eigenvalue weighted by Gasteiger charge is -2.00. The monoisotopic (exact) mass is 178 g/mol. The van der Waals surface area contributed by atoms with E-state index in [2.05, 4.69) is 26.2 Å². The second-order valence-electron chi connectivity index (χ2n) is 2.22. The molecule has 0 unspecified atom stereocenters. The minimum Gasteiger partial charge on any atom is -0.0985 e. The zero-order chi connectivity index (χ0) is 10.7. The highest BCUT2D eigenvalue weighted by Gasteiger charge is 1.92. The fourth-order valence-corrected chi connectivity index (χ4v) is 0.941. The van der Waals surface area contributed by atoms with Gasteiger partial charge in [-0.3, -0.25) is 0 Å². The van der Waals surface area contributed by atoms with Crippen molar-refractivity contribution in [3.63, 3.8) is 0 Å². The molecule has 0 heteroatoms. The van der Waals surface area contributed by atoms with Crippen LogP contribution in [0.3, 0.4) is 0 Å². The van der Waals surface area contributed by atoms with Crippen molar-refractivity contribution < 1.29 is 0 Å². The first kappa shape index (κ1) is 14.5. The van der Waals surface area contributed by atoms with E-state index in [0.717, 1.165) is 12.0 Å². The van der Waals surface area contributed by atoms with Gasteiger partial charge in [0.15, 0.2) is 0 Å². The molecule has 0 aromatic heterocycles. The van der Waals surface area contributed by atoms with E-state index in [1.54, 1.807) is 0 Å². The lowest BCUT2D eigenvalue weighted by Crippen LogP contribution is -1.80. The lowest BCUT2D eigenvalue weighted by atomic mass is 10.1. The third kappa shape index (κ3) is 6.15. The predicted molar refractivity (Wildman–Crippen MR) is 63.9 cm³/mol. The summed E-state index contributed by atoms with van der Waals surface area (Å²) in [5.41, 5.74) is 2.33. The fourth-order valence-electron chi connectivity index (χ4n) is 0.941. The average Bonchev–Trinajstić information content (AvgIpc) is 2.21. The van der Waals surface area contributed by atoms with Crippen LogP contribution in [0.5, 0.6) is 0 Å². The van der Waals surface area contributed by atoms with Gasteiger partial charge in [0.25, 0.3) is 0 Å². The van der Waals surface area contributed by atoms with Crippen LogP contribution in [0.4, 0.5) is 0 Å². The van der Waals surface area contributed by atoms with Crippen LogP contribution in [-0.4, -0.2) is 0 Å². The molecule has 0 saturated carbocycles. The molecule has 0 nitrogen and oxygen atoms in total. The summed E-state index contributed by atoms with van der Waals surface area (Å²) in [5.74, 6) is 0. The smallest absolute Gasteiger partial charge is 0.0234 e. The van der Waals surface area contributed by atoms with Crippen LogP contribution in [-0.2, 0) is 0 Å². The van der Waals surface area contributed by atoms with E-state index < -0.39 is 0 Å². The van der Waals surface area contributed by atoms with Crippen molar-refractivity contribution in [2.24, 2.45) is 0 Å². The summed E-state index contributed by atoms with van der Waals surface area (Å²) in [6, 6.07) is 0. The molecule has 0 N–H and O–H groups in total. The minimum absolute atomic E-state index is 1.03. The van der Waals surface area contributed by atoms with Crippen molar-refractivity contribution in [1.29, 1.82) is 0 Å². The summed E-state index contributed by atoms with van der Waals surface area (Å²) in [7, 11) is 0. The lowest BCUT2D eigenvalue weighted by molar-refractivity contribution is 1.20. The van der Waals surface area contributed by atoms with Crippen LogP contribution in [0, 0.1) is 0 Å². The molecule has 0 spiro atoms. The van der Waals surface area contributed by atoms with Gasteiger partial charge in [0, 0.05) is 0 Å². The molecule has 0 aliphatic rings. The van der Waals surface area contributed by atoms with Crippen LogP contribution in [0.25, 0.3) is 0 Å². The molecule has 0 aromatic rings.